The maximum atomic E-state index is 13.8. The zero-order valence-electron chi connectivity index (χ0n) is 20.5. The highest BCUT2D eigenvalue weighted by molar-refractivity contribution is 5.96. The largest absolute Gasteiger partial charge is 0.491 e. The number of carbonyl (C=O) groups excluding carboxylic acids is 1. The van der Waals surface area contributed by atoms with Crippen molar-refractivity contribution in [3.8, 4) is 5.75 Å². The van der Waals surface area contributed by atoms with E-state index in [-0.39, 0.29) is 37.2 Å². The third-order valence-electron chi connectivity index (χ3n) is 6.68. The number of ether oxygens (including phenoxy) is 1. The van der Waals surface area contributed by atoms with Crippen LogP contribution in [0.2, 0.25) is 0 Å². The maximum absolute atomic E-state index is 13.8. The molecule has 3 aromatic carbocycles. The van der Waals surface area contributed by atoms with Gasteiger partial charge in [0.15, 0.2) is 0 Å². The molecule has 186 valence electrons. The van der Waals surface area contributed by atoms with Crippen LogP contribution in [0.1, 0.15) is 43.5 Å². The van der Waals surface area contributed by atoms with Crippen molar-refractivity contribution >= 4 is 22.6 Å². The molecule has 1 aliphatic heterocycles. The Morgan fingerprint density at radius 2 is 1.86 bits per heavy atom. The number of hydrogen-bond acceptors (Lipinski definition) is 4. The van der Waals surface area contributed by atoms with E-state index in [1.54, 1.807) is 17.0 Å². The van der Waals surface area contributed by atoms with E-state index in [4.69, 9.17) is 9.72 Å². The van der Waals surface area contributed by atoms with Crippen molar-refractivity contribution in [2.24, 2.45) is 0 Å². The molecule has 2 heterocycles. The Hall–Kier alpha value is -3.71. The maximum Gasteiger partial charge on any atom is 0.227 e. The van der Waals surface area contributed by atoms with Crippen LogP contribution in [0.15, 0.2) is 72.8 Å². The van der Waals surface area contributed by atoms with E-state index in [1.807, 2.05) is 53.1 Å². The number of nitrogens with zero attached hydrogens (tertiary/aromatic N) is 3. The van der Waals surface area contributed by atoms with Gasteiger partial charge in [0, 0.05) is 24.6 Å². The zero-order valence-corrected chi connectivity index (χ0v) is 20.5. The Bertz CT molecular complexity index is 1370. The van der Waals surface area contributed by atoms with Gasteiger partial charge in [0.1, 0.15) is 30.1 Å². The summed E-state index contributed by atoms with van der Waals surface area (Å²) < 4.78 is 21.6. The zero-order chi connectivity index (χ0) is 25.2. The predicted molar refractivity (Wildman–Crippen MR) is 138 cm³/mol. The van der Waals surface area contributed by atoms with Crippen molar-refractivity contribution in [3.63, 3.8) is 0 Å². The minimum absolute atomic E-state index is 0.0714. The highest BCUT2D eigenvalue weighted by Gasteiger charge is 2.35. The molecule has 1 saturated heterocycles. The number of aliphatic hydroxyl groups excluding tert-OH is 1. The van der Waals surface area contributed by atoms with Crippen LogP contribution in [0.4, 0.5) is 10.1 Å². The van der Waals surface area contributed by atoms with Crippen LogP contribution in [0.3, 0.4) is 0 Å². The summed E-state index contributed by atoms with van der Waals surface area (Å²) >= 11 is 0. The molecular formula is C29H30FN3O3. The number of rotatable bonds is 8. The average molecular weight is 488 g/mol. The van der Waals surface area contributed by atoms with Gasteiger partial charge in [0.25, 0.3) is 0 Å². The third kappa shape index (κ3) is 4.97. The monoisotopic (exact) mass is 487 g/mol. The molecule has 1 fully saturated rings. The number of fused-ring (bicyclic) bond motifs is 1. The first-order valence-corrected chi connectivity index (χ1v) is 12.3. The van der Waals surface area contributed by atoms with E-state index in [2.05, 4.69) is 13.8 Å². The number of halogens is 1. The van der Waals surface area contributed by atoms with E-state index < -0.39 is 6.10 Å². The first kappa shape index (κ1) is 24.0. The second-order valence-electron chi connectivity index (χ2n) is 9.64. The SMILES string of the molecule is CC(C)c1ccc(OC[C@H](O)Cn2c([C@@H]3CC(=O)N(c4cccc(F)c4)C3)nc3ccccc32)cc1. The van der Waals surface area contributed by atoms with Crippen LogP contribution >= 0.6 is 0 Å². The van der Waals surface area contributed by atoms with Gasteiger partial charge in [-0.05, 0) is 53.9 Å². The molecule has 1 amide bonds. The Balaban J connectivity index is 1.34. The van der Waals surface area contributed by atoms with E-state index in [1.165, 1.54) is 17.7 Å². The molecule has 0 aliphatic carbocycles. The normalized spacial score (nSPS) is 16.8. The molecule has 0 bridgehead atoms. The first-order valence-electron chi connectivity index (χ1n) is 12.3. The molecule has 36 heavy (non-hydrogen) atoms. The van der Waals surface area contributed by atoms with Crippen molar-refractivity contribution in [2.45, 2.75) is 44.8 Å². The number of amides is 1. The molecule has 7 heteroatoms. The molecule has 6 nitrogen and oxygen atoms in total. The summed E-state index contributed by atoms with van der Waals surface area (Å²) in [5.41, 5.74) is 3.48. The topological polar surface area (TPSA) is 67.6 Å². The lowest BCUT2D eigenvalue weighted by Crippen LogP contribution is -2.26. The minimum atomic E-state index is -0.775. The number of anilines is 1. The van der Waals surface area contributed by atoms with Crippen LogP contribution in [0.5, 0.6) is 5.75 Å². The number of imidazole rings is 1. The van der Waals surface area contributed by atoms with Crippen LogP contribution in [0.25, 0.3) is 11.0 Å². The quantitative estimate of drug-likeness (QED) is 0.368. The lowest BCUT2D eigenvalue weighted by molar-refractivity contribution is -0.117. The van der Waals surface area contributed by atoms with E-state index in [0.29, 0.717) is 23.9 Å². The Kier molecular flexibility index (Phi) is 6.74. The van der Waals surface area contributed by atoms with Gasteiger partial charge in [-0.25, -0.2) is 9.37 Å². The molecule has 0 radical (unpaired) electrons. The van der Waals surface area contributed by atoms with Crippen LogP contribution in [0, 0.1) is 5.82 Å². The van der Waals surface area contributed by atoms with Gasteiger partial charge in [0.2, 0.25) is 5.91 Å². The number of aromatic nitrogens is 2. The van der Waals surface area contributed by atoms with Gasteiger partial charge < -0.3 is 19.3 Å². The summed E-state index contributed by atoms with van der Waals surface area (Å²) in [6, 6.07) is 21.7. The summed E-state index contributed by atoms with van der Waals surface area (Å²) in [5, 5.41) is 10.9. The fourth-order valence-electron chi connectivity index (χ4n) is 4.78. The van der Waals surface area contributed by atoms with Gasteiger partial charge in [-0.1, -0.05) is 44.2 Å². The fourth-order valence-corrected chi connectivity index (χ4v) is 4.78. The standard InChI is InChI=1S/C29H30FN3O3/c1-19(2)20-10-12-25(13-11-20)36-18-24(34)17-33-27-9-4-3-8-26(27)31-29(33)21-14-28(35)32(16-21)23-7-5-6-22(30)15-23/h3-13,15,19,21,24,34H,14,16-18H2,1-2H3/t21-,24-/m1/s1. The fraction of sp³-hybridized carbons (Fsp3) is 0.310. The molecular weight excluding hydrogens is 457 g/mol. The Labute approximate surface area is 210 Å². The molecule has 0 unspecified atom stereocenters. The highest BCUT2D eigenvalue weighted by Crippen LogP contribution is 2.33. The lowest BCUT2D eigenvalue weighted by atomic mass is 10.0. The van der Waals surface area contributed by atoms with Crippen molar-refractivity contribution in [1.29, 1.82) is 0 Å². The molecule has 0 spiro atoms. The summed E-state index contributed by atoms with van der Waals surface area (Å²) in [6.45, 7) is 5.10. The molecule has 1 N–H and O–H groups in total. The Morgan fingerprint density at radius 1 is 1.08 bits per heavy atom. The number of aliphatic hydroxyl groups is 1. The molecule has 1 aromatic heterocycles. The third-order valence-corrected chi connectivity index (χ3v) is 6.68. The second kappa shape index (κ2) is 10.1. The summed E-state index contributed by atoms with van der Waals surface area (Å²) in [5.74, 6) is 1.27. The van der Waals surface area contributed by atoms with Gasteiger partial charge >= 0.3 is 0 Å². The van der Waals surface area contributed by atoms with Gasteiger partial charge in [-0.3, -0.25) is 4.79 Å². The Morgan fingerprint density at radius 3 is 2.61 bits per heavy atom. The van der Waals surface area contributed by atoms with E-state index in [9.17, 15) is 14.3 Å². The lowest BCUT2D eigenvalue weighted by Gasteiger charge is -2.19. The molecule has 4 aromatic rings. The van der Waals surface area contributed by atoms with Crippen LogP contribution in [-0.2, 0) is 11.3 Å². The molecule has 2 atom stereocenters. The second-order valence-corrected chi connectivity index (χ2v) is 9.64. The molecule has 5 rings (SSSR count). The number of para-hydroxylation sites is 2. The number of carbonyl (C=O) groups is 1. The van der Waals surface area contributed by atoms with Crippen molar-refractivity contribution in [3.05, 3.63) is 90.0 Å². The van der Waals surface area contributed by atoms with Gasteiger partial charge in [0.05, 0.1) is 17.6 Å². The summed E-state index contributed by atoms with van der Waals surface area (Å²) in [4.78, 5) is 19.3. The molecule has 0 saturated carbocycles. The van der Waals surface area contributed by atoms with E-state index in [0.717, 1.165) is 16.9 Å². The van der Waals surface area contributed by atoms with Crippen LogP contribution in [-0.4, -0.2) is 39.8 Å². The minimum Gasteiger partial charge on any atom is -0.491 e. The number of hydrogen-bond donors (Lipinski definition) is 1. The van der Waals surface area contributed by atoms with Crippen molar-refractivity contribution < 1.29 is 19.0 Å². The van der Waals surface area contributed by atoms with Crippen molar-refractivity contribution in [2.75, 3.05) is 18.1 Å². The van der Waals surface area contributed by atoms with E-state index >= 15 is 0 Å². The first-order chi connectivity index (χ1) is 17.4. The predicted octanol–water partition coefficient (Wildman–Crippen LogP) is 5.26. The average Bonchev–Trinajstić information content (AvgIpc) is 3.43. The summed E-state index contributed by atoms with van der Waals surface area (Å²) in [6.07, 6.45) is -0.503. The molecule has 1 aliphatic rings. The van der Waals surface area contributed by atoms with Crippen LogP contribution < -0.4 is 9.64 Å². The van der Waals surface area contributed by atoms with Gasteiger partial charge in [-0.15, -0.1) is 0 Å². The van der Waals surface area contributed by atoms with Crippen molar-refractivity contribution in [1.82, 2.24) is 9.55 Å². The summed E-state index contributed by atoms with van der Waals surface area (Å²) in [7, 11) is 0. The van der Waals surface area contributed by atoms with Gasteiger partial charge in [-0.2, -0.15) is 0 Å². The number of benzene rings is 3. The smallest absolute Gasteiger partial charge is 0.227 e. The highest BCUT2D eigenvalue weighted by atomic mass is 19.1.